The molecular formula is C24H16N2O4. The first-order chi connectivity index (χ1) is 14.5. The average Bonchev–Trinajstić information content (AvgIpc) is 2.77. The summed E-state index contributed by atoms with van der Waals surface area (Å²) in [4.78, 5) is 39.1. The molecule has 0 radical (unpaired) electrons. The maximum Gasteiger partial charge on any atom is 0.348 e. The van der Waals surface area contributed by atoms with Crippen molar-refractivity contribution < 1.29 is 19.1 Å². The monoisotopic (exact) mass is 396 g/mol. The van der Waals surface area contributed by atoms with Crippen molar-refractivity contribution in [1.29, 1.82) is 5.26 Å². The van der Waals surface area contributed by atoms with E-state index in [0.717, 1.165) is 10.3 Å². The lowest BCUT2D eigenvalue weighted by atomic mass is 9.93. The Bertz CT molecular complexity index is 1220. The van der Waals surface area contributed by atoms with Crippen molar-refractivity contribution >= 4 is 40.3 Å². The number of anilines is 1. The number of rotatable bonds is 4. The number of hydrogen-bond donors (Lipinski definition) is 0. The van der Waals surface area contributed by atoms with Gasteiger partial charge in [0.2, 0.25) is 0 Å². The van der Waals surface area contributed by atoms with Crippen molar-refractivity contribution in [3.8, 4) is 6.07 Å². The summed E-state index contributed by atoms with van der Waals surface area (Å²) in [5.41, 5.74) is 1.79. The van der Waals surface area contributed by atoms with Gasteiger partial charge in [-0.3, -0.25) is 9.59 Å². The third-order valence-corrected chi connectivity index (χ3v) is 4.85. The summed E-state index contributed by atoms with van der Waals surface area (Å²) in [5.74, 6) is -1.48. The number of benzene rings is 3. The number of nitriles is 1. The molecule has 0 saturated carbocycles. The van der Waals surface area contributed by atoms with Gasteiger partial charge < -0.3 is 4.74 Å². The lowest BCUT2D eigenvalue weighted by Gasteiger charge is -2.27. The number of carbonyl (C=O) groups is 3. The molecule has 0 aromatic heterocycles. The smallest absolute Gasteiger partial charge is 0.348 e. The van der Waals surface area contributed by atoms with Crippen LogP contribution in [-0.4, -0.2) is 24.4 Å². The van der Waals surface area contributed by atoms with E-state index >= 15 is 0 Å². The molecule has 146 valence electrons. The van der Waals surface area contributed by atoms with Crippen molar-refractivity contribution in [2.24, 2.45) is 0 Å². The molecule has 0 saturated heterocycles. The molecule has 1 aliphatic rings. The molecule has 0 unspecified atom stereocenters. The molecule has 0 N–H and O–H groups in total. The molecule has 0 bridgehead atoms. The minimum atomic E-state index is -0.699. The van der Waals surface area contributed by atoms with Crippen LogP contribution in [0.5, 0.6) is 0 Å². The van der Waals surface area contributed by atoms with Gasteiger partial charge in [-0.05, 0) is 48.2 Å². The molecule has 2 amide bonds. The molecule has 0 spiro atoms. The van der Waals surface area contributed by atoms with E-state index in [2.05, 4.69) is 0 Å². The zero-order chi connectivity index (χ0) is 21.3. The molecule has 30 heavy (non-hydrogen) atoms. The van der Waals surface area contributed by atoms with Crippen LogP contribution in [0.3, 0.4) is 0 Å². The second-order valence-electron chi connectivity index (χ2n) is 6.64. The number of imide groups is 1. The van der Waals surface area contributed by atoms with E-state index in [1.165, 1.54) is 6.08 Å². The van der Waals surface area contributed by atoms with Gasteiger partial charge in [0.15, 0.2) is 0 Å². The molecule has 0 fully saturated rings. The average molecular weight is 396 g/mol. The van der Waals surface area contributed by atoms with Gasteiger partial charge in [-0.15, -0.1) is 0 Å². The van der Waals surface area contributed by atoms with E-state index in [-0.39, 0.29) is 12.2 Å². The molecule has 1 heterocycles. The van der Waals surface area contributed by atoms with Crippen molar-refractivity contribution in [2.45, 2.75) is 6.92 Å². The highest BCUT2D eigenvalue weighted by atomic mass is 16.5. The largest absolute Gasteiger partial charge is 0.462 e. The van der Waals surface area contributed by atoms with Gasteiger partial charge in [-0.25, -0.2) is 9.69 Å². The summed E-state index contributed by atoms with van der Waals surface area (Å²) in [6.07, 6.45) is 1.40. The second-order valence-corrected chi connectivity index (χ2v) is 6.64. The lowest BCUT2D eigenvalue weighted by Crippen LogP contribution is -2.40. The lowest BCUT2D eigenvalue weighted by molar-refractivity contribution is -0.137. The Morgan fingerprint density at radius 1 is 1.00 bits per heavy atom. The number of esters is 1. The van der Waals surface area contributed by atoms with E-state index in [9.17, 15) is 14.4 Å². The number of ether oxygens (including phenoxy) is 1. The molecule has 0 aliphatic carbocycles. The Labute approximate surface area is 172 Å². The van der Waals surface area contributed by atoms with Crippen LogP contribution < -0.4 is 4.90 Å². The fourth-order valence-corrected chi connectivity index (χ4v) is 3.50. The summed E-state index contributed by atoms with van der Waals surface area (Å²) < 4.78 is 4.85. The van der Waals surface area contributed by atoms with Crippen LogP contribution in [0.1, 0.15) is 33.2 Å². The molecular weight excluding hydrogens is 380 g/mol. The topological polar surface area (TPSA) is 87.5 Å². The molecule has 0 atom stereocenters. The second kappa shape index (κ2) is 7.64. The van der Waals surface area contributed by atoms with Gasteiger partial charge in [0.05, 0.1) is 12.3 Å². The SMILES string of the molecule is CCOC(=O)/C(C#N)=C/c1ccc(N2C(=O)c3cccc4cccc(c34)C2=O)cc1. The Morgan fingerprint density at radius 3 is 2.13 bits per heavy atom. The van der Waals surface area contributed by atoms with Crippen molar-refractivity contribution in [3.05, 3.63) is 82.9 Å². The predicted octanol–water partition coefficient (Wildman–Crippen LogP) is 4.11. The summed E-state index contributed by atoms with van der Waals surface area (Å²) >= 11 is 0. The molecule has 6 nitrogen and oxygen atoms in total. The van der Waals surface area contributed by atoms with Gasteiger partial charge in [-0.1, -0.05) is 36.4 Å². The highest BCUT2D eigenvalue weighted by molar-refractivity contribution is 6.35. The van der Waals surface area contributed by atoms with Crippen molar-refractivity contribution in [3.63, 3.8) is 0 Å². The standard InChI is InChI=1S/C24H16N2O4/c1-2-30-24(29)17(14-25)13-15-9-11-18(12-10-15)26-22(27)19-7-3-5-16-6-4-8-20(21(16)19)23(26)28/h3-13H,2H2,1H3/b17-13+. The normalized spacial score (nSPS) is 13.3. The van der Waals surface area contributed by atoms with Crippen LogP contribution in [0, 0.1) is 11.3 Å². The summed E-state index contributed by atoms with van der Waals surface area (Å²) in [5, 5.41) is 10.7. The highest BCUT2D eigenvalue weighted by Gasteiger charge is 2.33. The molecule has 3 aromatic rings. The minimum absolute atomic E-state index is 0.129. The third kappa shape index (κ3) is 3.12. The van der Waals surface area contributed by atoms with Gasteiger partial charge in [0.1, 0.15) is 11.6 Å². The third-order valence-electron chi connectivity index (χ3n) is 4.85. The van der Waals surface area contributed by atoms with Crippen molar-refractivity contribution in [2.75, 3.05) is 11.5 Å². The molecule has 3 aromatic carbocycles. The zero-order valence-electron chi connectivity index (χ0n) is 16.1. The Morgan fingerprint density at radius 2 is 1.60 bits per heavy atom. The van der Waals surface area contributed by atoms with Gasteiger partial charge in [0, 0.05) is 16.5 Å². The van der Waals surface area contributed by atoms with Gasteiger partial charge >= 0.3 is 5.97 Å². The first kappa shape index (κ1) is 19.1. The van der Waals surface area contributed by atoms with Crippen LogP contribution in [-0.2, 0) is 9.53 Å². The van der Waals surface area contributed by atoms with E-state index < -0.39 is 17.8 Å². The highest BCUT2D eigenvalue weighted by Crippen LogP contribution is 2.32. The number of hydrogen-bond acceptors (Lipinski definition) is 5. The number of amides is 2. The van der Waals surface area contributed by atoms with Crippen LogP contribution in [0.4, 0.5) is 5.69 Å². The Balaban J connectivity index is 1.70. The van der Waals surface area contributed by atoms with E-state index in [1.807, 2.05) is 18.2 Å². The van der Waals surface area contributed by atoms with E-state index in [1.54, 1.807) is 55.5 Å². The molecule has 4 rings (SSSR count). The van der Waals surface area contributed by atoms with Gasteiger partial charge in [0.25, 0.3) is 11.8 Å². The summed E-state index contributed by atoms with van der Waals surface area (Å²) in [6.45, 7) is 1.83. The minimum Gasteiger partial charge on any atom is -0.462 e. The summed E-state index contributed by atoms with van der Waals surface area (Å²) in [6, 6.07) is 19.0. The maximum absolute atomic E-state index is 13.1. The van der Waals surface area contributed by atoms with E-state index in [0.29, 0.717) is 27.8 Å². The van der Waals surface area contributed by atoms with Gasteiger partial charge in [-0.2, -0.15) is 5.26 Å². The first-order valence-corrected chi connectivity index (χ1v) is 9.34. The van der Waals surface area contributed by atoms with Crippen LogP contribution in [0.25, 0.3) is 16.8 Å². The van der Waals surface area contributed by atoms with Crippen LogP contribution in [0.2, 0.25) is 0 Å². The fourth-order valence-electron chi connectivity index (χ4n) is 3.50. The Hall–Kier alpha value is -4.24. The zero-order valence-corrected chi connectivity index (χ0v) is 16.1. The molecule has 6 heteroatoms. The fraction of sp³-hybridized carbons (Fsp3) is 0.0833. The van der Waals surface area contributed by atoms with Crippen LogP contribution in [0.15, 0.2) is 66.2 Å². The predicted molar refractivity (Wildman–Crippen MR) is 112 cm³/mol. The maximum atomic E-state index is 13.1. The molecule has 1 aliphatic heterocycles. The van der Waals surface area contributed by atoms with E-state index in [4.69, 9.17) is 10.00 Å². The summed E-state index contributed by atoms with van der Waals surface area (Å²) in [7, 11) is 0. The quantitative estimate of drug-likeness (QED) is 0.287. The van der Waals surface area contributed by atoms with Crippen LogP contribution >= 0.6 is 0 Å². The first-order valence-electron chi connectivity index (χ1n) is 9.34. The van der Waals surface area contributed by atoms with Crippen molar-refractivity contribution in [1.82, 2.24) is 0 Å². The number of nitrogens with zero attached hydrogens (tertiary/aromatic N) is 2. The Kier molecular flexibility index (Phi) is 4.87. The number of carbonyl (C=O) groups excluding carboxylic acids is 3.